The minimum absolute atomic E-state index is 0.194. The molecule has 154 valence electrons. The predicted molar refractivity (Wildman–Crippen MR) is 113 cm³/mol. The highest BCUT2D eigenvalue weighted by molar-refractivity contribution is 7.17. The lowest BCUT2D eigenvalue weighted by molar-refractivity contribution is -0.118. The topological polar surface area (TPSA) is 73.9 Å². The van der Waals surface area contributed by atoms with E-state index < -0.39 is 5.97 Å². The van der Waals surface area contributed by atoms with Gasteiger partial charge in [-0.3, -0.25) is 4.79 Å². The molecule has 1 aromatic carbocycles. The zero-order chi connectivity index (χ0) is 20.8. The molecule has 0 radical (unpaired) electrons. The van der Waals surface area contributed by atoms with Gasteiger partial charge in [0.15, 0.2) is 18.1 Å². The van der Waals surface area contributed by atoms with E-state index in [9.17, 15) is 9.59 Å². The van der Waals surface area contributed by atoms with Crippen molar-refractivity contribution in [2.24, 2.45) is 0 Å². The van der Waals surface area contributed by atoms with Gasteiger partial charge in [-0.25, -0.2) is 4.79 Å². The number of fused-ring (bicyclic) bond motifs is 1. The number of benzene rings is 1. The van der Waals surface area contributed by atoms with Gasteiger partial charge in [0, 0.05) is 4.88 Å². The van der Waals surface area contributed by atoms with Crippen LogP contribution in [0.2, 0.25) is 0 Å². The van der Waals surface area contributed by atoms with Crippen LogP contribution in [0.25, 0.3) is 0 Å². The number of hydrogen-bond donors (Lipinski definition) is 1. The molecule has 1 heterocycles. The molecule has 0 bridgehead atoms. The first-order valence-electron chi connectivity index (χ1n) is 9.50. The van der Waals surface area contributed by atoms with Gasteiger partial charge in [0.2, 0.25) is 0 Å². The molecule has 6 nitrogen and oxygen atoms in total. The van der Waals surface area contributed by atoms with Crippen molar-refractivity contribution in [1.82, 2.24) is 0 Å². The summed E-state index contributed by atoms with van der Waals surface area (Å²) in [4.78, 5) is 25.9. The number of ether oxygens (including phenoxy) is 3. The van der Waals surface area contributed by atoms with Crippen LogP contribution in [-0.2, 0) is 28.8 Å². The van der Waals surface area contributed by atoms with E-state index in [-0.39, 0.29) is 12.5 Å². The van der Waals surface area contributed by atoms with Crippen LogP contribution >= 0.6 is 11.3 Å². The van der Waals surface area contributed by atoms with E-state index in [2.05, 4.69) is 11.9 Å². The highest BCUT2D eigenvalue weighted by Gasteiger charge is 2.27. The summed E-state index contributed by atoms with van der Waals surface area (Å²) in [5, 5.41) is 3.36. The number of nitrogens with one attached hydrogen (secondary N) is 1. The smallest absolute Gasteiger partial charge is 0.341 e. The van der Waals surface area contributed by atoms with Crippen LogP contribution in [0.3, 0.4) is 0 Å². The van der Waals surface area contributed by atoms with E-state index in [4.69, 9.17) is 14.2 Å². The van der Waals surface area contributed by atoms with Crippen LogP contribution < -0.4 is 14.8 Å². The number of methoxy groups -OCH3 is 2. The first-order chi connectivity index (χ1) is 14.1. The fraction of sp³-hybridized carbons (Fsp3) is 0.364. The summed E-state index contributed by atoms with van der Waals surface area (Å²) >= 11 is 1.45. The average molecular weight is 416 g/mol. The van der Waals surface area contributed by atoms with Gasteiger partial charge in [-0.05, 0) is 55.4 Å². The molecule has 0 saturated carbocycles. The molecule has 1 aliphatic rings. The maximum Gasteiger partial charge on any atom is 0.341 e. The van der Waals surface area contributed by atoms with Crippen LogP contribution in [0, 0.1) is 0 Å². The number of carbonyl (C=O) groups excluding carboxylic acids is 2. The number of hydrogen-bond acceptors (Lipinski definition) is 6. The normalized spacial score (nSPS) is 12.6. The van der Waals surface area contributed by atoms with Crippen molar-refractivity contribution in [3.63, 3.8) is 0 Å². The monoisotopic (exact) mass is 415 g/mol. The minimum atomic E-state index is -0.417. The van der Waals surface area contributed by atoms with Crippen molar-refractivity contribution in [2.75, 3.05) is 26.1 Å². The van der Waals surface area contributed by atoms with Gasteiger partial charge in [-0.1, -0.05) is 12.1 Å². The van der Waals surface area contributed by atoms with Gasteiger partial charge in [0.25, 0.3) is 5.91 Å². The molecule has 1 amide bonds. The SMILES string of the molecule is C=CCc1ccc(OCC(=O)Nc2sc3c(c2C(=O)OC)CCCC3)c(OC)c1. The Morgan fingerprint density at radius 3 is 2.72 bits per heavy atom. The Bertz CT molecular complexity index is 918. The van der Waals surface area contributed by atoms with Gasteiger partial charge in [-0.15, -0.1) is 17.9 Å². The van der Waals surface area contributed by atoms with Crippen LogP contribution in [0.5, 0.6) is 11.5 Å². The van der Waals surface area contributed by atoms with E-state index >= 15 is 0 Å². The summed E-state index contributed by atoms with van der Waals surface area (Å²) in [5.74, 6) is 0.277. The van der Waals surface area contributed by atoms with Crippen molar-refractivity contribution in [1.29, 1.82) is 0 Å². The lowest BCUT2D eigenvalue weighted by Gasteiger charge is -2.12. The minimum Gasteiger partial charge on any atom is -0.493 e. The third kappa shape index (κ3) is 4.79. The van der Waals surface area contributed by atoms with E-state index in [1.165, 1.54) is 18.4 Å². The number of carbonyl (C=O) groups is 2. The number of aryl methyl sites for hydroxylation is 1. The van der Waals surface area contributed by atoms with Crippen LogP contribution in [-0.4, -0.2) is 32.7 Å². The summed E-state index contributed by atoms with van der Waals surface area (Å²) in [5.41, 5.74) is 2.52. The van der Waals surface area contributed by atoms with Gasteiger partial charge in [-0.2, -0.15) is 0 Å². The number of anilines is 1. The maximum absolute atomic E-state index is 12.5. The summed E-state index contributed by atoms with van der Waals surface area (Å²) in [6, 6.07) is 5.53. The molecule has 3 rings (SSSR count). The van der Waals surface area contributed by atoms with Crippen LogP contribution in [0.1, 0.15) is 39.2 Å². The van der Waals surface area contributed by atoms with Gasteiger partial charge >= 0.3 is 5.97 Å². The molecule has 0 unspecified atom stereocenters. The molecular formula is C22H25NO5S. The molecule has 1 aliphatic carbocycles. The Hall–Kier alpha value is -2.80. The van der Waals surface area contributed by atoms with E-state index in [0.29, 0.717) is 22.1 Å². The number of rotatable bonds is 8. The third-order valence-corrected chi connectivity index (χ3v) is 5.99. The van der Waals surface area contributed by atoms with Crippen LogP contribution in [0.15, 0.2) is 30.9 Å². The summed E-state index contributed by atoms with van der Waals surface area (Å²) in [6.45, 7) is 3.53. The predicted octanol–water partition coefficient (Wildman–Crippen LogP) is 4.17. The Morgan fingerprint density at radius 2 is 2.00 bits per heavy atom. The second-order valence-electron chi connectivity index (χ2n) is 6.72. The lowest BCUT2D eigenvalue weighted by atomic mass is 9.95. The molecule has 1 aromatic heterocycles. The first-order valence-corrected chi connectivity index (χ1v) is 10.3. The molecule has 1 N–H and O–H groups in total. The standard InChI is InChI=1S/C22H25NO5S/c1-4-7-14-10-11-16(17(12-14)26-2)28-13-19(24)23-21-20(22(25)27-3)15-8-5-6-9-18(15)29-21/h4,10-12H,1,5-9,13H2,2-3H3,(H,23,24). The Kier molecular flexibility index (Phi) is 6.93. The van der Waals surface area contributed by atoms with Crippen molar-refractivity contribution < 1.29 is 23.8 Å². The maximum atomic E-state index is 12.5. The number of esters is 1. The fourth-order valence-corrected chi connectivity index (χ4v) is 4.70. The Labute approximate surface area is 174 Å². The number of allylic oxidation sites excluding steroid dienone is 1. The van der Waals surface area contributed by atoms with Crippen molar-refractivity contribution in [3.8, 4) is 11.5 Å². The van der Waals surface area contributed by atoms with E-state index in [1.54, 1.807) is 13.2 Å². The van der Waals surface area contributed by atoms with Crippen molar-refractivity contribution >= 4 is 28.2 Å². The highest BCUT2D eigenvalue weighted by Crippen LogP contribution is 2.38. The summed E-state index contributed by atoms with van der Waals surface area (Å²) < 4.78 is 15.9. The quantitative estimate of drug-likeness (QED) is 0.517. The second-order valence-corrected chi connectivity index (χ2v) is 7.83. The zero-order valence-electron chi connectivity index (χ0n) is 16.7. The molecule has 2 aromatic rings. The van der Waals surface area contributed by atoms with Gasteiger partial charge in [0.05, 0.1) is 19.8 Å². The number of amides is 1. The molecule has 29 heavy (non-hydrogen) atoms. The summed E-state index contributed by atoms with van der Waals surface area (Å²) in [6.07, 6.45) is 6.40. The van der Waals surface area contributed by atoms with Crippen LogP contribution in [0.4, 0.5) is 5.00 Å². The first kappa shape index (κ1) is 20.9. The molecule has 0 fully saturated rings. The molecule has 0 saturated heterocycles. The molecule has 0 aliphatic heterocycles. The molecule has 0 spiro atoms. The molecule has 7 heteroatoms. The second kappa shape index (κ2) is 9.60. The largest absolute Gasteiger partial charge is 0.493 e. The third-order valence-electron chi connectivity index (χ3n) is 4.78. The summed E-state index contributed by atoms with van der Waals surface area (Å²) in [7, 11) is 2.91. The Morgan fingerprint density at radius 1 is 1.21 bits per heavy atom. The molecular weight excluding hydrogens is 390 g/mol. The fourth-order valence-electron chi connectivity index (χ4n) is 3.40. The van der Waals surface area contributed by atoms with Crippen molar-refractivity contribution in [3.05, 3.63) is 52.4 Å². The zero-order valence-corrected chi connectivity index (χ0v) is 17.5. The Balaban J connectivity index is 1.71. The van der Waals surface area contributed by atoms with Crippen molar-refractivity contribution in [2.45, 2.75) is 32.1 Å². The lowest BCUT2D eigenvalue weighted by Crippen LogP contribution is -2.21. The highest BCUT2D eigenvalue weighted by atomic mass is 32.1. The average Bonchev–Trinajstić information content (AvgIpc) is 3.10. The van der Waals surface area contributed by atoms with E-state index in [0.717, 1.165) is 48.1 Å². The van der Waals surface area contributed by atoms with Gasteiger partial charge in [0.1, 0.15) is 5.00 Å². The molecule has 0 atom stereocenters. The van der Waals surface area contributed by atoms with Gasteiger partial charge < -0.3 is 19.5 Å². The van der Waals surface area contributed by atoms with E-state index in [1.807, 2.05) is 18.2 Å². The number of thiophene rings is 1.